The Morgan fingerprint density at radius 1 is 1.00 bits per heavy atom. The van der Waals surface area contributed by atoms with Crippen molar-refractivity contribution in [2.45, 2.75) is 38.5 Å². The number of esters is 1. The summed E-state index contributed by atoms with van der Waals surface area (Å²) in [5.41, 5.74) is 2.22. The van der Waals surface area contributed by atoms with Crippen molar-refractivity contribution in [3.05, 3.63) is 70.6 Å². The summed E-state index contributed by atoms with van der Waals surface area (Å²) in [6.07, 6.45) is 2.93. The largest absolute Gasteiger partial charge is 0.461 e. The Hall–Kier alpha value is -3.35. The number of carbonyl (C=O) groups is 2. The molecule has 1 amide bonds. The molecule has 1 heterocycles. The summed E-state index contributed by atoms with van der Waals surface area (Å²) in [5, 5.41) is 3.08. The third-order valence-corrected chi connectivity index (χ3v) is 7.09. The molecule has 2 bridgehead atoms. The first-order chi connectivity index (χ1) is 15.5. The van der Waals surface area contributed by atoms with Crippen LogP contribution in [0, 0.1) is 17.8 Å². The van der Waals surface area contributed by atoms with Gasteiger partial charge < -0.3 is 10.1 Å². The molecule has 2 aliphatic rings. The number of aromatic nitrogens is 2. The Morgan fingerprint density at radius 3 is 2.47 bits per heavy atom. The molecule has 5 rings (SSSR count). The first kappa shape index (κ1) is 20.5. The highest BCUT2D eigenvalue weighted by molar-refractivity contribution is 5.82. The average Bonchev–Trinajstić information content (AvgIpc) is 3.48. The van der Waals surface area contributed by atoms with Crippen molar-refractivity contribution in [2.75, 3.05) is 0 Å². The van der Waals surface area contributed by atoms with E-state index in [1.165, 1.54) is 4.57 Å². The number of nitrogens with one attached hydrogen (secondary N) is 1. The van der Waals surface area contributed by atoms with Crippen LogP contribution in [-0.2, 0) is 34.5 Å². The van der Waals surface area contributed by atoms with Gasteiger partial charge in [-0.15, -0.1) is 0 Å². The normalized spacial score (nSPS) is 24.0. The highest BCUT2D eigenvalue weighted by atomic mass is 16.5. The Labute approximate surface area is 186 Å². The highest BCUT2D eigenvalue weighted by Gasteiger charge is 2.52. The van der Waals surface area contributed by atoms with Crippen LogP contribution in [0.1, 0.15) is 24.8 Å². The first-order valence-corrected chi connectivity index (χ1v) is 11.2. The lowest BCUT2D eigenvalue weighted by atomic mass is 9.84. The Kier molecular flexibility index (Phi) is 5.33. The fourth-order valence-electron chi connectivity index (χ4n) is 5.55. The second-order valence-electron chi connectivity index (χ2n) is 8.96. The Morgan fingerprint density at radius 2 is 1.69 bits per heavy atom. The molecule has 0 aliphatic heterocycles. The number of nitrogens with zero attached hydrogens (tertiary/aromatic N) is 2. The van der Waals surface area contributed by atoms with E-state index in [0.717, 1.165) is 35.9 Å². The van der Waals surface area contributed by atoms with Gasteiger partial charge in [-0.25, -0.2) is 4.79 Å². The van der Waals surface area contributed by atoms with E-state index in [0.29, 0.717) is 0 Å². The van der Waals surface area contributed by atoms with Crippen molar-refractivity contribution in [3.8, 4) is 0 Å². The number of rotatable bonds is 6. The van der Waals surface area contributed by atoms with E-state index >= 15 is 0 Å². The van der Waals surface area contributed by atoms with Crippen LogP contribution >= 0.6 is 0 Å². The van der Waals surface area contributed by atoms with E-state index < -0.39 is 0 Å². The Balaban J connectivity index is 1.29. The predicted molar refractivity (Wildman–Crippen MR) is 120 cm³/mol. The molecule has 2 fully saturated rings. The Bertz CT molecular complexity index is 1210. The van der Waals surface area contributed by atoms with E-state index in [4.69, 9.17) is 4.74 Å². The number of aryl methyl sites for hydroxylation is 1. The molecule has 3 aromatic rings. The van der Waals surface area contributed by atoms with Gasteiger partial charge in [-0.1, -0.05) is 42.5 Å². The number of carbonyl (C=O) groups excluding carboxylic acids is 2. The van der Waals surface area contributed by atoms with Crippen LogP contribution in [0.4, 0.5) is 0 Å². The van der Waals surface area contributed by atoms with Gasteiger partial charge in [-0.3, -0.25) is 18.7 Å². The van der Waals surface area contributed by atoms with E-state index in [-0.39, 0.29) is 54.5 Å². The number of amides is 1. The van der Waals surface area contributed by atoms with Gasteiger partial charge in [-0.05, 0) is 48.8 Å². The fourth-order valence-corrected chi connectivity index (χ4v) is 5.55. The molecular formula is C25H27N3O4. The number of imidazole rings is 1. The smallest absolute Gasteiger partial charge is 0.329 e. The molecule has 4 unspecified atom stereocenters. The van der Waals surface area contributed by atoms with Crippen molar-refractivity contribution in [3.63, 3.8) is 0 Å². The minimum absolute atomic E-state index is 0.0696. The summed E-state index contributed by atoms with van der Waals surface area (Å²) in [5.74, 6) is -0.294. The zero-order valence-corrected chi connectivity index (χ0v) is 18.1. The molecule has 2 saturated carbocycles. The van der Waals surface area contributed by atoms with Crippen LogP contribution in [0.25, 0.3) is 11.0 Å². The van der Waals surface area contributed by atoms with E-state index in [1.807, 2.05) is 54.6 Å². The maximum absolute atomic E-state index is 13.0. The second kappa shape index (κ2) is 8.30. The molecule has 32 heavy (non-hydrogen) atoms. The molecule has 0 radical (unpaired) electrons. The molecule has 0 spiro atoms. The van der Waals surface area contributed by atoms with Gasteiger partial charge in [0.05, 0.1) is 17.0 Å². The third kappa shape index (κ3) is 3.61. The lowest BCUT2D eigenvalue weighted by Gasteiger charge is -2.30. The molecule has 0 saturated heterocycles. The van der Waals surface area contributed by atoms with Gasteiger partial charge in [0.15, 0.2) is 0 Å². The molecule has 4 atom stereocenters. The molecule has 7 nitrogen and oxygen atoms in total. The fraction of sp³-hybridized carbons (Fsp3) is 0.400. The van der Waals surface area contributed by atoms with Gasteiger partial charge in [0.25, 0.3) is 0 Å². The minimum Gasteiger partial charge on any atom is -0.461 e. The predicted octanol–water partition coefficient (Wildman–Crippen LogP) is 2.61. The van der Waals surface area contributed by atoms with Crippen molar-refractivity contribution in [1.82, 2.24) is 14.5 Å². The van der Waals surface area contributed by atoms with Crippen LogP contribution < -0.4 is 11.0 Å². The topological polar surface area (TPSA) is 82.3 Å². The zero-order valence-electron chi connectivity index (χ0n) is 18.1. The zero-order chi connectivity index (χ0) is 22.2. The summed E-state index contributed by atoms with van der Waals surface area (Å²) >= 11 is 0. The molecule has 1 N–H and O–H groups in total. The van der Waals surface area contributed by atoms with Crippen LogP contribution in [0.3, 0.4) is 0 Å². The monoisotopic (exact) mass is 433 g/mol. The second-order valence-corrected chi connectivity index (χ2v) is 8.96. The van der Waals surface area contributed by atoms with Crippen LogP contribution in [0.5, 0.6) is 0 Å². The summed E-state index contributed by atoms with van der Waals surface area (Å²) in [6.45, 7) is 0.166. The first-order valence-electron chi connectivity index (χ1n) is 11.2. The summed E-state index contributed by atoms with van der Waals surface area (Å²) in [6, 6.07) is 16.8. The SMILES string of the molecule is Cn1c(=O)n(CC(=O)NC2C3CCC(C3)C2C(=O)OCc2ccccc2)c2ccccc21. The molecular weight excluding hydrogens is 406 g/mol. The van der Waals surface area contributed by atoms with Crippen molar-refractivity contribution in [2.24, 2.45) is 24.8 Å². The van der Waals surface area contributed by atoms with E-state index in [1.54, 1.807) is 11.6 Å². The molecule has 1 aromatic heterocycles. The molecule has 2 aromatic carbocycles. The van der Waals surface area contributed by atoms with Crippen LogP contribution in [-0.4, -0.2) is 27.1 Å². The number of para-hydroxylation sites is 2. The van der Waals surface area contributed by atoms with Crippen molar-refractivity contribution in [1.29, 1.82) is 0 Å². The van der Waals surface area contributed by atoms with Crippen molar-refractivity contribution < 1.29 is 14.3 Å². The number of hydrogen-bond donors (Lipinski definition) is 1. The van der Waals surface area contributed by atoms with Crippen LogP contribution in [0.15, 0.2) is 59.4 Å². The van der Waals surface area contributed by atoms with E-state index in [2.05, 4.69) is 5.32 Å². The van der Waals surface area contributed by atoms with Gasteiger partial charge >= 0.3 is 11.7 Å². The minimum atomic E-state index is -0.328. The number of benzene rings is 2. The number of hydrogen-bond acceptors (Lipinski definition) is 4. The van der Waals surface area contributed by atoms with Gasteiger partial charge in [0, 0.05) is 13.1 Å². The van der Waals surface area contributed by atoms with Crippen LogP contribution in [0.2, 0.25) is 0 Å². The summed E-state index contributed by atoms with van der Waals surface area (Å²) in [7, 11) is 1.70. The quantitative estimate of drug-likeness (QED) is 0.606. The summed E-state index contributed by atoms with van der Waals surface area (Å²) in [4.78, 5) is 38.6. The summed E-state index contributed by atoms with van der Waals surface area (Å²) < 4.78 is 8.66. The standard InChI is InChI=1S/C25H27N3O4/c1-27-19-9-5-6-10-20(19)28(25(27)31)14-21(29)26-23-18-12-11-17(13-18)22(23)24(30)32-15-16-7-3-2-4-8-16/h2-10,17-18,22-23H,11-15H2,1H3,(H,26,29). The van der Waals surface area contributed by atoms with Gasteiger partial charge in [-0.2, -0.15) is 0 Å². The lowest BCUT2D eigenvalue weighted by molar-refractivity contribution is -0.153. The molecule has 7 heteroatoms. The van der Waals surface area contributed by atoms with Gasteiger partial charge in [0.1, 0.15) is 13.2 Å². The molecule has 166 valence electrons. The maximum Gasteiger partial charge on any atom is 0.329 e. The number of fused-ring (bicyclic) bond motifs is 3. The molecule has 2 aliphatic carbocycles. The third-order valence-electron chi connectivity index (χ3n) is 7.09. The number of ether oxygens (including phenoxy) is 1. The maximum atomic E-state index is 13.0. The van der Waals surface area contributed by atoms with Crippen molar-refractivity contribution >= 4 is 22.9 Å². The average molecular weight is 434 g/mol. The lowest BCUT2D eigenvalue weighted by Crippen LogP contribution is -2.48. The van der Waals surface area contributed by atoms with Gasteiger partial charge in [0.2, 0.25) is 5.91 Å². The van der Waals surface area contributed by atoms with E-state index in [9.17, 15) is 14.4 Å². The highest BCUT2D eigenvalue weighted by Crippen LogP contribution is 2.49.